The predicted octanol–water partition coefficient (Wildman–Crippen LogP) is 17.3. The van der Waals surface area contributed by atoms with Gasteiger partial charge >= 0.3 is 43.6 Å². The van der Waals surface area contributed by atoms with Crippen molar-refractivity contribution in [3.8, 4) is 0 Å². The van der Waals surface area contributed by atoms with Gasteiger partial charge in [0.25, 0.3) is 5.79 Å². The van der Waals surface area contributed by atoms with Crippen LogP contribution in [0.25, 0.3) is 0 Å². The zero-order valence-electron chi connectivity index (χ0n) is 74.2. The number of esters is 4. The molecule has 29 heteroatoms. The summed E-state index contributed by atoms with van der Waals surface area (Å²) in [5.74, 6) is -10.9. The van der Waals surface area contributed by atoms with Crippen molar-refractivity contribution in [3.63, 3.8) is 0 Å². The van der Waals surface area contributed by atoms with E-state index in [2.05, 4.69) is 52.2 Å². The molecule has 2 aliphatic heterocycles. The van der Waals surface area contributed by atoms with E-state index in [-0.39, 0.29) is 38.5 Å². The fraction of sp³-hybridized carbons (Fsp3) is 0.911. The van der Waals surface area contributed by atoms with E-state index in [0.29, 0.717) is 51.4 Å². The summed E-state index contributed by atoms with van der Waals surface area (Å²) in [6.45, 7) is 9.67. The van der Waals surface area contributed by atoms with Crippen LogP contribution in [0.1, 0.15) is 420 Å². The third kappa shape index (κ3) is 54.1. The topological polar surface area (TPSA) is 423 Å². The number of ether oxygens (including phenoxy) is 8. The number of rotatable bonds is 79. The van der Waals surface area contributed by atoms with E-state index in [4.69, 9.17) is 42.4 Å². The molecule has 2 heterocycles. The van der Waals surface area contributed by atoms with Crippen LogP contribution in [0.2, 0.25) is 0 Å². The summed E-state index contributed by atoms with van der Waals surface area (Å²) in [5, 5.41) is 69.8. The first-order valence-corrected chi connectivity index (χ1v) is 48.6. The fourth-order valence-corrected chi connectivity index (χ4v) is 16.2. The van der Waals surface area contributed by atoms with Crippen LogP contribution in [0.4, 0.5) is 0 Å². The molecule has 0 aromatic heterocycles. The van der Waals surface area contributed by atoms with E-state index in [1.165, 1.54) is 6.42 Å². The smallest absolute Gasteiger partial charge is 0.470 e. The predicted molar refractivity (Wildman–Crippen MR) is 455 cm³/mol. The monoisotopic (exact) mass is 1720 g/mol. The molecule has 14 atom stereocenters. The molecular formula is C90H165N2O26P. The molecule has 0 saturated carbocycles. The van der Waals surface area contributed by atoms with Gasteiger partial charge in [0.15, 0.2) is 12.4 Å². The summed E-state index contributed by atoms with van der Waals surface area (Å²) in [6.07, 6.45) is 23.1. The van der Waals surface area contributed by atoms with Crippen molar-refractivity contribution >= 4 is 55.5 Å². The quantitative estimate of drug-likeness (QED) is 0.0117. The van der Waals surface area contributed by atoms with Crippen LogP contribution in [0.5, 0.6) is 0 Å². The van der Waals surface area contributed by atoms with Gasteiger partial charge in [0, 0.05) is 25.7 Å². The van der Waals surface area contributed by atoms with Crippen LogP contribution in [0.3, 0.4) is 0 Å². The number of phosphoric acid groups is 1. The first kappa shape index (κ1) is 111. The Balaban J connectivity index is 3.01. The molecule has 0 bridgehead atoms. The Kier molecular flexibility index (Phi) is 64.9. The van der Waals surface area contributed by atoms with Crippen molar-refractivity contribution in [1.29, 1.82) is 0 Å². The fourth-order valence-electron chi connectivity index (χ4n) is 15.6. The summed E-state index contributed by atoms with van der Waals surface area (Å²) < 4.78 is 68.4. The number of aliphatic carboxylic acids is 2. The molecule has 0 spiro atoms. The molecule has 0 aromatic rings. The number of phosphoric ester groups is 1. The maximum absolute atomic E-state index is 15.3. The van der Waals surface area contributed by atoms with Gasteiger partial charge < -0.3 is 89.0 Å². The molecular weight excluding hydrogens is 1560 g/mol. The lowest BCUT2D eigenvalue weighted by Crippen LogP contribution is -2.68. The first-order valence-electron chi connectivity index (χ1n) is 47.1. The minimum atomic E-state index is -5.90. The number of amides is 2. The highest BCUT2D eigenvalue weighted by Crippen LogP contribution is 2.44. The van der Waals surface area contributed by atoms with Crippen LogP contribution in [-0.2, 0) is 85.3 Å². The molecule has 0 radical (unpaired) electrons. The normalized spacial score (nSPS) is 20.7. The number of hydrogen-bond donors (Lipinski definition) is 10. The standard InChI is InChI=1S/C90H165N2O26P/c1-7-13-19-25-31-34-40-43-49-55-70(112-79(100)58-52-46-37-28-22-16-10-4)62-76(96)91-69(61-78(98)99)67-110-88-83(92-77(97)63-71(56-50-44-41-35-32-26-20-14-8-2)113-80(101)59-53-47-38-29-23-17-11-5)87(86(118-119(107,108)109)75(115-88)68-111-90(89(105)106)65-73(94)84(104)85(117-90)74(95)66-93)116-82(103)64-72(57-51-45-42-36-33-27-21-15-9-3)114-81(102)60-54-48-39-30-24-18-12-6/h69-75,83-88,93-95,104H,7-68H2,1-6H3,(H,91,96)(H,92,97)(H,98,99)(H,105,106)(H2,107,108,109)/t69-,70-,71-,72-,73-,74-,75-,83-,84-,85-,86-,87-,88-,90-/m1/s1. The lowest BCUT2D eigenvalue weighted by molar-refractivity contribution is -0.339. The first-order chi connectivity index (χ1) is 57.3. The number of unbranched alkanes of at least 4 members (excludes halogenated alkanes) is 42. The number of nitrogens with one attached hydrogen (secondary N) is 2. The van der Waals surface area contributed by atoms with Gasteiger partial charge in [0.05, 0.1) is 57.6 Å². The summed E-state index contributed by atoms with van der Waals surface area (Å²) in [7, 11) is -5.90. The molecule has 119 heavy (non-hydrogen) atoms. The molecule has 2 saturated heterocycles. The molecule has 0 aromatic carbocycles. The van der Waals surface area contributed by atoms with Crippen molar-refractivity contribution in [2.75, 3.05) is 19.8 Å². The van der Waals surface area contributed by atoms with E-state index in [1.54, 1.807) is 0 Å². The summed E-state index contributed by atoms with van der Waals surface area (Å²) in [6, 6.07) is -3.48. The largest absolute Gasteiger partial charge is 0.481 e. The Bertz CT molecular complexity index is 2690. The molecule has 0 aliphatic carbocycles. The molecule has 696 valence electrons. The van der Waals surface area contributed by atoms with Crippen molar-refractivity contribution in [3.05, 3.63) is 0 Å². The number of hydrogen-bond acceptors (Lipinski definition) is 22. The van der Waals surface area contributed by atoms with Crippen molar-refractivity contribution in [2.45, 2.75) is 506 Å². The highest BCUT2D eigenvalue weighted by Gasteiger charge is 2.58. The molecule has 10 N–H and O–H groups in total. The van der Waals surface area contributed by atoms with Crippen molar-refractivity contribution in [2.24, 2.45) is 0 Å². The second-order valence-corrected chi connectivity index (χ2v) is 34.9. The third-order valence-corrected chi connectivity index (χ3v) is 23.1. The Hall–Kier alpha value is -4.45. The Morgan fingerprint density at radius 2 is 0.815 bits per heavy atom. The number of carbonyl (C=O) groups excluding carboxylic acids is 6. The minimum absolute atomic E-state index is 0.0337. The molecule has 0 unspecified atom stereocenters. The van der Waals surface area contributed by atoms with Crippen LogP contribution < -0.4 is 10.6 Å². The number of carbonyl (C=O) groups is 8. The Morgan fingerprint density at radius 1 is 0.462 bits per heavy atom. The lowest BCUT2D eigenvalue weighted by Gasteiger charge is -2.47. The Labute approximate surface area is 714 Å². The van der Waals surface area contributed by atoms with Crippen LogP contribution in [-0.4, -0.2) is 193 Å². The molecule has 2 amide bonds. The average Bonchev–Trinajstić information content (AvgIpc) is 0.768. The van der Waals surface area contributed by atoms with Crippen molar-refractivity contribution in [1.82, 2.24) is 10.6 Å². The average molecular weight is 1720 g/mol. The van der Waals surface area contributed by atoms with Gasteiger partial charge in [-0.2, -0.15) is 0 Å². The number of aliphatic hydroxyl groups is 4. The van der Waals surface area contributed by atoms with Gasteiger partial charge in [0.1, 0.15) is 54.9 Å². The van der Waals surface area contributed by atoms with E-state index in [9.17, 15) is 73.8 Å². The van der Waals surface area contributed by atoms with Gasteiger partial charge in [-0.1, -0.05) is 311 Å². The Morgan fingerprint density at radius 3 is 1.17 bits per heavy atom. The lowest BCUT2D eigenvalue weighted by atomic mass is 9.92. The number of carboxylic acid groups (broad SMARTS) is 2. The van der Waals surface area contributed by atoms with E-state index in [1.807, 2.05) is 0 Å². The van der Waals surface area contributed by atoms with Gasteiger partial charge in [-0.05, 0) is 57.8 Å². The summed E-state index contributed by atoms with van der Waals surface area (Å²) in [5.41, 5.74) is 0. The second-order valence-electron chi connectivity index (χ2n) is 33.7. The second kappa shape index (κ2) is 69.8. The van der Waals surface area contributed by atoms with Crippen molar-refractivity contribution < 1.29 is 126 Å². The summed E-state index contributed by atoms with van der Waals surface area (Å²) in [4.78, 5) is 135. The van der Waals surface area contributed by atoms with Crippen LogP contribution in [0, 0.1) is 0 Å². The van der Waals surface area contributed by atoms with Gasteiger partial charge in [-0.15, -0.1) is 0 Å². The van der Waals surface area contributed by atoms with Gasteiger partial charge in [0.2, 0.25) is 11.8 Å². The van der Waals surface area contributed by atoms with E-state index < -0.39 is 186 Å². The molecule has 28 nitrogen and oxygen atoms in total. The highest BCUT2D eigenvalue weighted by atomic mass is 31.2. The molecule has 2 rings (SSSR count). The van der Waals surface area contributed by atoms with E-state index >= 15 is 9.59 Å². The zero-order chi connectivity index (χ0) is 87.7. The van der Waals surface area contributed by atoms with Crippen LogP contribution >= 0.6 is 7.82 Å². The maximum atomic E-state index is 15.3. The molecule has 2 aliphatic rings. The minimum Gasteiger partial charge on any atom is -0.481 e. The van der Waals surface area contributed by atoms with Gasteiger partial charge in [-0.3, -0.25) is 38.1 Å². The summed E-state index contributed by atoms with van der Waals surface area (Å²) >= 11 is 0. The maximum Gasteiger partial charge on any atom is 0.470 e. The third-order valence-electron chi connectivity index (χ3n) is 22.6. The highest BCUT2D eigenvalue weighted by molar-refractivity contribution is 7.46. The number of aliphatic hydroxyl groups excluding tert-OH is 4. The molecule has 2 fully saturated rings. The number of carboxylic acids is 2. The van der Waals surface area contributed by atoms with Crippen LogP contribution in [0.15, 0.2) is 0 Å². The van der Waals surface area contributed by atoms with Gasteiger partial charge in [-0.25, -0.2) is 9.36 Å². The SMILES string of the molecule is CCCCCCCCCCC[C@H](CC(=O)N[C@@H](CO[C@@H]1O[C@H](CO[C@]2(C(=O)O)C[C@@H](O)[C@@H](O)[C@@H]([C@H](O)CO)O2)[C@@H](OP(=O)(O)O)[C@H](OC(=O)C[C@@H](CCCCCCCCCCC)OC(=O)CCCCCCCCC)[C@H]1NC(=O)C[C@@H](CCCCCCCCCCC)OC(=O)CCCCCCCCC)CC(=O)O)OC(=O)CCCCCCCCC. The van der Waals surface area contributed by atoms with E-state index in [0.717, 1.165) is 257 Å². The zero-order valence-corrected chi connectivity index (χ0v) is 75.1.